The number of carbonyl (C=O) groups is 2. The summed E-state index contributed by atoms with van der Waals surface area (Å²) >= 11 is 5.87. The molecule has 4 heteroatoms. The predicted molar refractivity (Wildman–Crippen MR) is 78.6 cm³/mol. The minimum Gasteiger partial charge on any atom is -0.274 e. The lowest BCUT2D eigenvalue weighted by Gasteiger charge is -2.15. The molecule has 3 nitrogen and oxygen atoms in total. The van der Waals surface area contributed by atoms with Gasteiger partial charge in [-0.15, -0.1) is 0 Å². The summed E-state index contributed by atoms with van der Waals surface area (Å²) in [5.74, 6) is -0.272. The quantitative estimate of drug-likeness (QED) is 0.790. The number of imide groups is 1. The Kier molecular flexibility index (Phi) is 3.28. The van der Waals surface area contributed by atoms with Crippen LogP contribution < -0.4 is 4.90 Å². The van der Waals surface area contributed by atoms with E-state index >= 15 is 0 Å². The summed E-state index contributed by atoms with van der Waals surface area (Å²) in [6.07, 6.45) is 0.591. The third kappa shape index (κ3) is 2.32. The summed E-state index contributed by atoms with van der Waals surface area (Å²) in [6, 6.07) is 14.9. The Morgan fingerprint density at radius 3 is 2.15 bits per heavy atom. The van der Waals surface area contributed by atoms with Crippen LogP contribution >= 0.6 is 11.6 Å². The van der Waals surface area contributed by atoms with E-state index in [9.17, 15) is 9.59 Å². The van der Waals surface area contributed by atoms with Crippen LogP contribution in [0.3, 0.4) is 0 Å². The molecule has 1 heterocycles. The van der Waals surface area contributed by atoms with Crippen LogP contribution in [0, 0.1) is 0 Å². The molecule has 1 saturated heterocycles. The van der Waals surface area contributed by atoms with E-state index in [1.807, 2.05) is 42.5 Å². The first-order chi connectivity index (χ1) is 9.65. The number of anilines is 1. The van der Waals surface area contributed by atoms with Crippen molar-refractivity contribution >= 4 is 29.1 Å². The second-order valence-corrected chi connectivity index (χ2v) is 5.12. The number of hydrogen-bond donors (Lipinski definition) is 0. The highest BCUT2D eigenvalue weighted by Gasteiger charge is 2.30. The maximum Gasteiger partial charge on any atom is 0.234 e. The summed E-state index contributed by atoms with van der Waals surface area (Å²) in [5, 5.41) is 0.676. The number of hydrogen-bond acceptors (Lipinski definition) is 2. The van der Waals surface area contributed by atoms with Crippen molar-refractivity contribution in [2.24, 2.45) is 0 Å². The fourth-order valence-electron chi connectivity index (χ4n) is 2.33. The van der Waals surface area contributed by atoms with E-state index in [1.54, 1.807) is 6.07 Å². The topological polar surface area (TPSA) is 37.4 Å². The molecule has 0 radical (unpaired) electrons. The van der Waals surface area contributed by atoms with Crippen LogP contribution in [-0.2, 0) is 9.59 Å². The van der Waals surface area contributed by atoms with Gasteiger partial charge in [0.1, 0.15) is 0 Å². The summed E-state index contributed by atoms with van der Waals surface area (Å²) in [6.45, 7) is 0. The Labute approximate surface area is 121 Å². The van der Waals surface area contributed by atoms with Crippen LogP contribution in [0.4, 0.5) is 5.69 Å². The Morgan fingerprint density at radius 1 is 0.850 bits per heavy atom. The molecule has 20 heavy (non-hydrogen) atoms. The van der Waals surface area contributed by atoms with E-state index < -0.39 is 0 Å². The SMILES string of the molecule is O=C1CCC(=O)N1c1cccc(-c2ccc(Cl)cc2)c1. The average molecular weight is 286 g/mol. The number of amides is 2. The fourth-order valence-corrected chi connectivity index (χ4v) is 2.46. The Balaban J connectivity index is 1.99. The molecule has 0 bridgehead atoms. The zero-order chi connectivity index (χ0) is 14.1. The Bertz CT molecular complexity index is 663. The fraction of sp³-hybridized carbons (Fsp3) is 0.125. The maximum atomic E-state index is 11.8. The van der Waals surface area contributed by atoms with Crippen LogP contribution in [-0.4, -0.2) is 11.8 Å². The highest BCUT2D eigenvalue weighted by Crippen LogP contribution is 2.28. The molecule has 0 aliphatic carbocycles. The maximum absolute atomic E-state index is 11.8. The van der Waals surface area contributed by atoms with Gasteiger partial charge in [-0.2, -0.15) is 0 Å². The van der Waals surface area contributed by atoms with Crippen molar-refractivity contribution < 1.29 is 9.59 Å². The van der Waals surface area contributed by atoms with Crippen LogP contribution in [0.5, 0.6) is 0 Å². The number of carbonyl (C=O) groups excluding carboxylic acids is 2. The molecule has 100 valence electrons. The smallest absolute Gasteiger partial charge is 0.234 e. The summed E-state index contributed by atoms with van der Waals surface area (Å²) in [5.41, 5.74) is 2.58. The van der Waals surface area contributed by atoms with E-state index in [2.05, 4.69) is 0 Å². The lowest BCUT2D eigenvalue weighted by molar-refractivity contribution is -0.121. The Hall–Kier alpha value is -2.13. The molecule has 2 amide bonds. The van der Waals surface area contributed by atoms with Crippen LogP contribution in [0.15, 0.2) is 48.5 Å². The first-order valence-electron chi connectivity index (χ1n) is 6.37. The van der Waals surface area contributed by atoms with Crippen molar-refractivity contribution in [2.45, 2.75) is 12.8 Å². The molecule has 2 aromatic carbocycles. The number of halogens is 1. The lowest BCUT2D eigenvalue weighted by atomic mass is 10.1. The molecule has 2 aromatic rings. The predicted octanol–water partition coefficient (Wildman–Crippen LogP) is 3.66. The lowest BCUT2D eigenvalue weighted by Crippen LogP contribution is -2.28. The molecule has 0 saturated carbocycles. The molecule has 3 rings (SSSR count). The first kappa shape index (κ1) is 12.9. The molecule has 1 aliphatic rings. The van der Waals surface area contributed by atoms with Crippen LogP contribution in [0.25, 0.3) is 11.1 Å². The minimum atomic E-state index is -0.136. The van der Waals surface area contributed by atoms with E-state index in [0.29, 0.717) is 23.6 Å². The third-order valence-corrected chi connectivity index (χ3v) is 3.59. The van der Waals surface area contributed by atoms with Crippen molar-refractivity contribution in [1.29, 1.82) is 0 Å². The van der Waals surface area contributed by atoms with Gasteiger partial charge in [0.25, 0.3) is 0 Å². The van der Waals surface area contributed by atoms with Gasteiger partial charge in [0.05, 0.1) is 5.69 Å². The van der Waals surface area contributed by atoms with Crippen molar-refractivity contribution in [3.63, 3.8) is 0 Å². The van der Waals surface area contributed by atoms with Gasteiger partial charge in [0.2, 0.25) is 11.8 Å². The van der Waals surface area contributed by atoms with Crippen molar-refractivity contribution in [3.05, 3.63) is 53.6 Å². The van der Waals surface area contributed by atoms with E-state index in [0.717, 1.165) is 11.1 Å². The molecule has 0 N–H and O–H groups in total. The molecule has 0 aromatic heterocycles. The highest BCUT2D eigenvalue weighted by molar-refractivity contribution is 6.30. The standard InChI is InChI=1S/C16H12ClNO2/c17-13-6-4-11(5-7-13)12-2-1-3-14(10-12)18-15(19)8-9-16(18)20/h1-7,10H,8-9H2. The number of benzene rings is 2. The summed E-state index contributed by atoms with van der Waals surface area (Å²) < 4.78 is 0. The Morgan fingerprint density at radius 2 is 1.50 bits per heavy atom. The van der Waals surface area contributed by atoms with Gasteiger partial charge in [0.15, 0.2) is 0 Å². The molecule has 0 unspecified atom stereocenters. The van der Waals surface area contributed by atoms with Gasteiger partial charge in [-0.3, -0.25) is 14.5 Å². The molecule has 0 atom stereocenters. The van der Waals surface area contributed by atoms with Gasteiger partial charge >= 0.3 is 0 Å². The van der Waals surface area contributed by atoms with Gasteiger partial charge < -0.3 is 0 Å². The van der Waals surface area contributed by atoms with E-state index in [-0.39, 0.29) is 11.8 Å². The van der Waals surface area contributed by atoms with E-state index in [1.165, 1.54) is 4.90 Å². The van der Waals surface area contributed by atoms with Crippen LogP contribution in [0.1, 0.15) is 12.8 Å². The second-order valence-electron chi connectivity index (χ2n) is 4.68. The van der Waals surface area contributed by atoms with Crippen molar-refractivity contribution in [2.75, 3.05) is 4.90 Å². The molecular weight excluding hydrogens is 274 g/mol. The summed E-state index contributed by atoms with van der Waals surface area (Å²) in [7, 11) is 0. The monoisotopic (exact) mass is 285 g/mol. The molecule has 0 spiro atoms. The molecule has 1 aliphatic heterocycles. The largest absolute Gasteiger partial charge is 0.274 e. The zero-order valence-corrected chi connectivity index (χ0v) is 11.4. The zero-order valence-electron chi connectivity index (χ0n) is 10.7. The van der Waals surface area contributed by atoms with Gasteiger partial charge in [-0.1, -0.05) is 35.9 Å². The molecular formula is C16H12ClNO2. The number of nitrogens with zero attached hydrogens (tertiary/aromatic N) is 1. The molecule has 1 fully saturated rings. The summed E-state index contributed by atoms with van der Waals surface area (Å²) in [4.78, 5) is 24.8. The number of rotatable bonds is 2. The normalized spacial score (nSPS) is 14.9. The van der Waals surface area contributed by atoms with Crippen LogP contribution in [0.2, 0.25) is 5.02 Å². The van der Waals surface area contributed by atoms with Crippen molar-refractivity contribution in [3.8, 4) is 11.1 Å². The second kappa shape index (κ2) is 5.10. The van der Waals surface area contributed by atoms with Gasteiger partial charge in [-0.05, 0) is 35.4 Å². The highest BCUT2D eigenvalue weighted by atomic mass is 35.5. The van der Waals surface area contributed by atoms with Gasteiger partial charge in [-0.25, -0.2) is 0 Å². The van der Waals surface area contributed by atoms with E-state index in [4.69, 9.17) is 11.6 Å². The minimum absolute atomic E-state index is 0.136. The van der Waals surface area contributed by atoms with Crippen molar-refractivity contribution in [1.82, 2.24) is 0 Å². The average Bonchev–Trinajstić information content (AvgIpc) is 2.79. The third-order valence-electron chi connectivity index (χ3n) is 3.33. The van der Waals surface area contributed by atoms with Gasteiger partial charge in [0, 0.05) is 17.9 Å². The first-order valence-corrected chi connectivity index (χ1v) is 6.75.